The molecule has 0 bridgehead atoms. The van der Waals surface area contributed by atoms with E-state index in [1.165, 1.54) is 0 Å². The van der Waals surface area contributed by atoms with E-state index in [9.17, 15) is 4.79 Å². The fraction of sp³-hybridized carbons (Fsp3) is 0.929. The summed E-state index contributed by atoms with van der Waals surface area (Å²) in [5, 5.41) is 0. The number of hydrogen-bond donors (Lipinski definition) is 0. The number of hydrogen-bond acceptors (Lipinski definition) is 3. The standard InChI is InChI=1S/C14H27O3S/c1-6-16-13(15)11-7-9-12(10-8-11)17-18(5)14(2,3)4/h11-12H,6-10H2,1-5H3/q+1. The lowest BCUT2D eigenvalue weighted by Crippen LogP contribution is -2.35. The molecule has 1 rings (SSSR count). The molecule has 0 amide bonds. The summed E-state index contributed by atoms with van der Waals surface area (Å²) in [7, 11) is 0. The van der Waals surface area contributed by atoms with E-state index in [-0.39, 0.29) is 27.8 Å². The van der Waals surface area contributed by atoms with Crippen molar-refractivity contribution in [3.05, 3.63) is 0 Å². The molecule has 4 heteroatoms. The van der Waals surface area contributed by atoms with E-state index in [1.807, 2.05) is 6.92 Å². The van der Waals surface area contributed by atoms with Crippen LogP contribution >= 0.6 is 0 Å². The van der Waals surface area contributed by atoms with Crippen molar-refractivity contribution in [2.75, 3.05) is 12.9 Å². The van der Waals surface area contributed by atoms with Crippen LogP contribution in [-0.2, 0) is 24.9 Å². The number of rotatable bonds is 4. The predicted molar refractivity (Wildman–Crippen MR) is 76.5 cm³/mol. The lowest BCUT2D eigenvalue weighted by Gasteiger charge is -2.27. The van der Waals surface area contributed by atoms with Gasteiger partial charge in [0.1, 0.15) is 23.5 Å². The largest absolute Gasteiger partial charge is 0.466 e. The van der Waals surface area contributed by atoms with Gasteiger partial charge in [0.15, 0.2) is 4.75 Å². The summed E-state index contributed by atoms with van der Waals surface area (Å²) in [6, 6.07) is 0. The minimum absolute atomic E-state index is 0.0257. The first-order valence-corrected chi connectivity index (χ1v) is 8.40. The van der Waals surface area contributed by atoms with Crippen LogP contribution in [0.2, 0.25) is 0 Å². The first-order valence-electron chi connectivity index (χ1n) is 6.84. The Labute approximate surface area is 114 Å². The highest BCUT2D eigenvalue weighted by molar-refractivity contribution is 7.93. The molecule has 0 aromatic rings. The summed E-state index contributed by atoms with van der Waals surface area (Å²) in [6.07, 6.45) is 6.27. The first kappa shape index (κ1) is 15.8. The molecule has 0 spiro atoms. The lowest BCUT2D eigenvalue weighted by molar-refractivity contribution is -0.149. The second-order valence-electron chi connectivity index (χ2n) is 5.89. The van der Waals surface area contributed by atoms with Crippen LogP contribution in [-0.4, -0.2) is 29.7 Å². The summed E-state index contributed by atoms with van der Waals surface area (Å²) in [5.74, 6) is 0.0698. The molecule has 1 unspecified atom stereocenters. The van der Waals surface area contributed by atoms with Crippen molar-refractivity contribution in [1.29, 1.82) is 0 Å². The third-order valence-electron chi connectivity index (χ3n) is 3.44. The molecule has 1 aliphatic rings. The summed E-state index contributed by atoms with van der Waals surface area (Å²) in [5.41, 5.74) is 0. The Bertz CT molecular complexity index is 265. The third kappa shape index (κ3) is 4.81. The molecule has 0 aromatic carbocycles. The SMILES string of the molecule is CCOC(=O)C1CCC(O[S+](C)C(C)(C)C)CC1. The molecule has 0 N–H and O–H groups in total. The zero-order valence-corrected chi connectivity index (χ0v) is 13.1. The van der Waals surface area contributed by atoms with Crippen LogP contribution in [0.1, 0.15) is 53.4 Å². The van der Waals surface area contributed by atoms with Crippen molar-refractivity contribution in [1.82, 2.24) is 0 Å². The van der Waals surface area contributed by atoms with Gasteiger partial charge in [-0.25, -0.2) is 0 Å². The average molecular weight is 275 g/mol. The predicted octanol–water partition coefficient (Wildman–Crippen LogP) is 3.09. The molecule has 0 aromatic heterocycles. The Hall–Kier alpha value is -0.220. The zero-order valence-electron chi connectivity index (χ0n) is 12.3. The van der Waals surface area contributed by atoms with Crippen LogP contribution in [0.3, 0.4) is 0 Å². The minimum atomic E-state index is -0.0264. The van der Waals surface area contributed by atoms with E-state index < -0.39 is 0 Å². The highest BCUT2D eigenvalue weighted by Gasteiger charge is 2.37. The molecule has 1 saturated carbocycles. The smallest absolute Gasteiger partial charge is 0.308 e. The van der Waals surface area contributed by atoms with E-state index in [2.05, 4.69) is 27.0 Å². The summed E-state index contributed by atoms with van der Waals surface area (Å²) >= 11 is -0.0264. The second kappa shape index (κ2) is 6.80. The average Bonchev–Trinajstić information content (AvgIpc) is 2.29. The quantitative estimate of drug-likeness (QED) is 0.584. The van der Waals surface area contributed by atoms with Crippen LogP contribution in [0.5, 0.6) is 0 Å². The van der Waals surface area contributed by atoms with E-state index >= 15 is 0 Å². The van der Waals surface area contributed by atoms with E-state index in [0.717, 1.165) is 25.7 Å². The molecule has 0 radical (unpaired) electrons. The second-order valence-corrected chi connectivity index (χ2v) is 8.21. The summed E-state index contributed by atoms with van der Waals surface area (Å²) < 4.78 is 11.4. The fourth-order valence-electron chi connectivity index (χ4n) is 2.00. The maximum absolute atomic E-state index is 11.6. The molecule has 3 nitrogen and oxygen atoms in total. The first-order chi connectivity index (χ1) is 8.34. The van der Waals surface area contributed by atoms with Gasteiger partial charge in [-0.2, -0.15) is 4.18 Å². The van der Waals surface area contributed by atoms with Crippen LogP contribution < -0.4 is 0 Å². The Morgan fingerprint density at radius 2 is 1.78 bits per heavy atom. The van der Waals surface area contributed by atoms with Gasteiger partial charge in [-0.05, 0) is 53.4 Å². The van der Waals surface area contributed by atoms with Gasteiger partial charge in [0, 0.05) is 0 Å². The summed E-state index contributed by atoms with van der Waals surface area (Å²) in [4.78, 5) is 11.6. The number of ether oxygens (including phenoxy) is 1. The van der Waals surface area contributed by atoms with Gasteiger partial charge in [-0.15, -0.1) is 0 Å². The molecule has 18 heavy (non-hydrogen) atoms. The maximum atomic E-state index is 11.6. The monoisotopic (exact) mass is 275 g/mol. The van der Waals surface area contributed by atoms with Crippen molar-refractivity contribution in [3.8, 4) is 0 Å². The van der Waals surface area contributed by atoms with Gasteiger partial charge >= 0.3 is 5.97 Å². The van der Waals surface area contributed by atoms with Gasteiger partial charge in [0.25, 0.3) is 0 Å². The van der Waals surface area contributed by atoms with Gasteiger partial charge in [0.05, 0.1) is 12.5 Å². The molecule has 0 saturated heterocycles. The van der Waals surface area contributed by atoms with Gasteiger partial charge < -0.3 is 4.74 Å². The van der Waals surface area contributed by atoms with Gasteiger partial charge in [-0.1, -0.05) is 0 Å². The Morgan fingerprint density at radius 1 is 1.22 bits per heavy atom. The fourth-order valence-corrected chi connectivity index (χ4v) is 2.89. The molecule has 106 valence electrons. The molecular weight excluding hydrogens is 248 g/mol. The van der Waals surface area contributed by atoms with Crippen molar-refractivity contribution in [2.45, 2.75) is 64.2 Å². The molecule has 0 heterocycles. The van der Waals surface area contributed by atoms with Gasteiger partial charge in [-0.3, -0.25) is 4.79 Å². The number of carbonyl (C=O) groups is 1. The number of carbonyl (C=O) groups excluding carboxylic acids is 1. The summed E-state index contributed by atoms with van der Waals surface area (Å²) in [6.45, 7) is 8.97. The zero-order chi connectivity index (χ0) is 13.8. The third-order valence-corrected chi connectivity index (χ3v) is 5.72. The van der Waals surface area contributed by atoms with Crippen LogP contribution in [0.25, 0.3) is 0 Å². The lowest BCUT2D eigenvalue weighted by atomic mass is 9.87. The highest BCUT2D eigenvalue weighted by Crippen LogP contribution is 2.30. The van der Waals surface area contributed by atoms with E-state index in [1.54, 1.807) is 0 Å². The maximum Gasteiger partial charge on any atom is 0.308 e. The van der Waals surface area contributed by atoms with Gasteiger partial charge in [0.2, 0.25) is 0 Å². The Balaban J connectivity index is 2.33. The topological polar surface area (TPSA) is 35.5 Å². The molecule has 0 aliphatic heterocycles. The molecule has 1 aliphatic carbocycles. The highest BCUT2D eigenvalue weighted by atomic mass is 32.2. The van der Waals surface area contributed by atoms with E-state index in [4.69, 9.17) is 8.92 Å². The molecular formula is C14H27O3S+. The van der Waals surface area contributed by atoms with E-state index in [0.29, 0.717) is 12.7 Å². The van der Waals surface area contributed by atoms with Crippen LogP contribution in [0, 0.1) is 5.92 Å². The van der Waals surface area contributed by atoms with Crippen LogP contribution in [0.4, 0.5) is 0 Å². The normalized spacial score (nSPS) is 26.7. The molecule has 1 atom stereocenters. The Kier molecular flexibility index (Phi) is 5.99. The van der Waals surface area contributed by atoms with Crippen molar-refractivity contribution < 1.29 is 13.7 Å². The van der Waals surface area contributed by atoms with Crippen LogP contribution in [0.15, 0.2) is 0 Å². The Morgan fingerprint density at radius 3 is 2.22 bits per heavy atom. The molecule has 1 fully saturated rings. The minimum Gasteiger partial charge on any atom is -0.466 e. The van der Waals surface area contributed by atoms with Crippen molar-refractivity contribution in [2.24, 2.45) is 5.92 Å². The van der Waals surface area contributed by atoms with Crippen molar-refractivity contribution in [3.63, 3.8) is 0 Å². The number of esters is 1. The van der Waals surface area contributed by atoms with Crippen molar-refractivity contribution >= 4 is 17.1 Å².